The zero-order valence-electron chi connectivity index (χ0n) is 14.2. The maximum Gasteiger partial charge on any atom is 0.234 e. The second-order valence-electron chi connectivity index (χ2n) is 6.86. The Kier molecular flexibility index (Phi) is 5.84. The van der Waals surface area contributed by atoms with E-state index in [4.69, 9.17) is 0 Å². The maximum atomic E-state index is 12.0. The van der Waals surface area contributed by atoms with Gasteiger partial charge in [0.05, 0.1) is 12.6 Å². The summed E-state index contributed by atoms with van der Waals surface area (Å²) >= 11 is 0. The highest BCUT2D eigenvalue weighted by Crippen LogP contribution is 2.25. The van der Waals surface area contributed by atoms with E-state index in [1.54, 1.807) is 0 Å². The molecule has 24 heavy (non-hydrogen) atoms. The van der Waals surface area contributed by atoms with Gasteiger partial charge in [0.25, 0.3) is 0 Å². The third-order valence-corrected chi connectivity index (χ3v) is 5.19. The fraction of sp³-hybridized carbons (Fsp3) is 0.579. The summed E-state index contributed by atoms with van der Waals surface area (Å²) in [7, 11) is 0. The van der Waals surface area contributed by atoms with Gasteiger partial charge in [0, 0.05) is 32.7 Å². The fourth-order valence-corrected chi connectivity index (χ4v) is 3.40. The van der Waals surface area contributed by atoms with Gasteiger partial charge in [0.1, 0.15) is 6.04 Å². The van der Waals surface area contributed by atoms with Crippen molar-refractivity contribution in [2.24, 2.45) is 5.92 Å². The average molecular weight is 326 g/mol. The van der Waals surface area contributed by atoms with Gasteiger partial charge in [-0.05, 0) is 24.3 Å². The molecule has 1 heterocycles. The Morgan fingerprint density at radius 2 is 1.92 bits per heavy atom. The Hall–Kier alpha value is -1.90. The maximum absolute atomic E-state index is 12.0. The highest BCUT2D eigenvalue weighted by molar-refractivity contribution is 5.78. The predicted molar refractivity (Wildman–Crippen MR) is 93.2 cm³/mol. The summed E-state index contributed by atoms with van der Waals surface area (Å²) in [5.41, 5.74) is 1.05. The van der Waals surface area contributed by atoms with Gasteiger partial charge >= 0.3 is 0 Å². The van der Waals surface area contributed by atoms with Crippen LogP contribution in [0.3, 0.4) is 0 Å². The molecule has 5 nitrogen and oxygen atoms in total. The van der Waals surface area contributed by atoms with Crippen molar-refractivity contribution in [1.29, 1.82) is 5.26 Å². The van der Waals surface area contributed by atoms with Gasteiger partial charge in [-0.2, -0.15) is 5.26 Å². The van der Waals surface area contributed by atoms with Crippen LogP contribution >= 0.6 is 0 Å². The van der Waals surface area contributed by atoms with Crippen LogP contribution in [0, 0.1) is 17.2 Å². The molecule has 1 unspecified atom stereocenters. The van der Waals surface area contributed by atoms with Crippen molar-refractivity contribution in [1.82, 2.24) is 15.1 Å². The lowest BCUT2D eigenvalue weighted by molar-refractivity contribution is -0.123. The summed E-state index contributed by atoms with van der Waals surface area (Å²) < 4.78 is 0. The Labute approximate surface area is 144 Å². The molecule has 1 aromatic rings. The predicted octanol–water partition coefficient (Wildman–Crippen LogP) is 1.79. The molecule has 128 valence electrons. The molecule has 1 saturated carbocycles. The van der Waals surface area contributed by atoms with Crippen molar-refractivity contribution in [2.75, 3.05) is 39.3 Å². The summed E-state index contributed by atoms with van der Waals surface area (Å²) in [6, 6.07) is 12.2. The quantitative estimate of drug-likeness (QED) is 0.866. The number of carbonyl (C=O) groups excluding carboxylic acids is 1. The van der Waals surface area contributed by atoms with E-state index in [9.17, 15) is 10.1 Å². The van der Waals surface area contributed by atoms with Gasteiger partial charge in [-0.25, -0.2) is 0 Å². The number of carbonyl (C=O) groups is 1. The molecule has 2 aliphatic rings. The summed E-state index contributed by atoms with van der Waals surface area (Å²) in [4.78, 5) is 16.4. The van der Waals surface area contributed by atoms with E-state index in [0.29, 0.717) is 12.5 Å². The van der Waals surface area contributed by atoms with Gasteiger partial charge in [-0.3, -0.25) is 14.6 Å². The standard InChI is InChI=1S/C19H26N4O/c20-13-18(17-7-2-1-3-8-17)23-11-9-22(10-12-23)15-19(24)21-14-16-5-4-6-16/h1-3,7-8,16,18H,4-6,9-12,14-15H2,(H,21,24). The Bertz CT molecular complexity index is 571. The van der Waals surface area contributed by atoms with E-state index in [0.717, 1.165) is 38.3 Å². The number of nitriles is 1. The van der Waals surface area contributed by atoms with Crippen molar-refractivity contribution in [3.8, 4) is 6.07 Å². The molecular weight excluding hydrogens is 300 g/mol. The van der Waals surface area contributed by atoms with Crippen LogP contribution in [0.25, 0.3) is 0 Å². The Morgan fingerprint density at radius 1 is 1.21 bits per heavy atom. The SMILES string of the molecule is N#CC(c1ccccc1)N1CCN(CC(=O)NCC2CCC2)CC1. The lowest BCUT2D eigenvalue weighted by Crippen LogP contribution is -2.50. The third-order valence-electron chi connectivity index (χ3n) is 5.19. The van der Waals surface area contributed by atoms with Crippen molar-refractivity contribution < 1.29 is 4.79 Å². The summed E-state index contributed by atoms with van der Waals surface area (Å²) in [5.74, 6) is 0.836. The Morgan fingerprint density at radius 3 is 2.50 bits per heavy atom. The van der Waals surface area contributed by atoms with Gasteiger partial charge in [0.2, 0.25) is 5.91 Å². The lowest BCUT2D eigenvalue weighted by atomic mass is 9.85. The molecule has 1 amide bonds. The molecule has 1 saturated heterocycles. The van der Waals surface area contributed by atoms with E-state index in [1.807, 2.05) is 30.3 Å². The first-order chi connectivity index (χ1) is 11.8. The largest absolute Gasteiger partial charge is 0.355 e. The van der Waals surface area contributed by atoms with E-state index in [1.165, 1.54) is 19.3 Å². The zero-order chi connectivity index (χ0) is 16.8. The first-order valence-corrected chi connectivity index (χ1v) is 8.94. The monoisotopic (exact) mass is 326 g/mol. The van der Waals surface area contributed by atoms with E-state index < -0.39 is 0 Å². The molecule has 1 aliphatic carbocycles. The highest BCUT2D eigenvalue weighted by Gasteiger charge is 2.26. The molecule has 1 aromatic carbocycles. The first kappa shape index (κ1) is 16.9. The minimum atomic E-state index is -0.194. The lowest BCUT2D eigenvalue weighted by Gasteiger charge is -2.36. The number of hydrogen-bond donors (Lipinski definition) is 1. The van der Waals surface area contributed by atoms with Crippen molar-refractivity contribution in [3.05, 3.63) is 35.9 Å². The normalized spacial score (nSPS) is 20.8. The second kappa shape index (κ2) is 8.27. The highest BCUT2D eigenvalue weighted by atomic mass is 16.2. The van der Waals surface area contributed by atoms with Crippen molar-refractivity contribution in [3.63, 3.8) is 0 Å². The number of benzene rings is 1. The molecule has 1 aliphatic heterocycles. The number of piperazine rings is 1. The molecule has 3 rings (SSSR count). The molecule has 0 spiro atoms. The molecule has 0 radical (unpaired) electrons. The molecule has 1 atom stereocenters. The average Bonchev–Trinajstić information content (AvgIpc) is 2.57. The van der Waals surface area contributed by atoms with Gasteiger partial charge in [0.15, 0.2) is 0 Å². The number of hydrogen-bond acceptors (Lipinski definition) is 4. The minimum Gasteiger partial charge on any atom is -0.355 e. The molecule has 5 heteroatoms. The number of nitrogens with one attached hydrogen (secondary N) is 1. The van der Waals surface area contributed by atoms with Crippen LogP contribution in [-0.4, -0.2) is 55.0 Å². The van der Waals surface area contributed by atoms with Gasteiger partial charge in [-0.15, -0.1) is 0 Å². The molecule has 2 fully saturated rings. The van der Waals surface area contributed by atoms with E-state index in [2.05, 4.69) is 21.2 Å². The van der Waals surface area contributed by atoms with E-state index in [-0.39, 0.29) is 11.9 Å². The summed E-state index contributed by atoms with van der Waals surface area (Å²) in [5, 5.41) is 12.6. The molecule has 0 bridgehead atoms. The van der Waals surface area contributed by atoms with Crippen LogP contribution < -0.4 is 5.32 Å². The fourth-order valence-electron chi connectivity index (χ4n) is 3.40. The smallest absolute Gasteiger partial charge is 0.234 e. The first-order valence-electron chi connectivity index (χ1n) is 8.94. The molecule has 1 N–H and O–H groups in total. The van der Waals surface area contributed by atoms with E-state index >= 15 is 0 Å². The zero-order valence-corrected chi connectivity index (χ0v) is 14.2. The third kappa shape index (κ3) is 4.34. The molecular formula is C19H26N4O. The summed E-state index contributed by atoms with van der Waals surface area (Å²) in [6.45, 7) is 4.63. The second-order valence-corrected chi connectivity index (χ2v) is 6.86. The van der Waals surface area contributed by atoms with Gasteiger partial charge < -0.3 is 5.32 Å². The number of rotatable bonds is 6. The Balaban J connectivity index is 1.43. The number of amides is 1. The van der Waals surface area contributed by atoms with Crippen molar-refractivity contribution >= 4 is 5.91 Å². The topological polar surface area (TPSA) is 59.4 Å². The molecule has 0 aromatic heterocycles. The van der Waals surface area contributed by atoms with Crippen molar-refractivity contribution in [2.45, 2.75) is 25.3 Å². The van der Waals surface area contributed by atoms with Crippen LogP contribution in [0.4, 0.5) is 0 Å². The van der Waals surface area contributed by atoms with Crippen LogP contribution in [0.5, 0.6) is 0 Å². The van der Waals surface area contributed by atoms with Gasteiger partial charge in [-0.1, -0.05) is 36.8 Å². The van der Waals surface area contributed by atoms with Crippen LogP contribution in [0.1, 0.15) is 30.9 Å². The summed E-state index contributed by atoms with van der Waals surface area (Å²) in [6.07, 6.45) is 3.83. The van der Waals surface area contributed by atoms with Crippen LogP contribution in [0.15, 0.2) is 30.3 Å². The number of nitrogens with zero attached hydrogens (tertiary/aromatic N) is 3. The minimum absolute atomic E-state index is 0.134. The van der Waals surface area contributed by atoms with Crippen LogP contribution in [0.2, 0.25) is 0 Å². The van der Waals surface area contributed by atoms with Crippen LogP contribution in [-0.2, 0) is 4.79 Å².